The fourth-order valence-electron chi connectivity index (χ4n) is 4.36. The van der Waals surface area contributed by atoms with Gasteiger partial charge in [0.15, 0.2) is 5.96 Å². The molecule has 5 amide bonds. The highest BCUT2D eigenvalue weighted by Gasteiger charge is 2.27. The molecule has 13 nitrogen and oxygen atoms in total. The lowest BCUT2D eigenvalue weighted by Crippen LogP contribution is -2.56. The number of guanidine groups is 1. The van der Waals surface area contributed by atoms with Crippen LogP contribution < -0.4 is 37.6 Å². The third-order valence-corrected chi connectivity index (χ3v) is 8.94. The molecule has 45 heavy (non-hydrogen) atoms. The number of benzene rings is 2. The first-order chi connectivity index (χ1) is 21.6. The van der Waals surface area contributed by atoms with Crippen molar-refractivity contribution in [2.75, 3.05) is 26.7 Å². The molecule has 2 aromatic heterocycles. The molecule has 0 radical (unpaired) electrons. The maximum atomic E-state index is 13.4. The van der Waals surface area contributed by atoms with E-state index in [1.54, 1.807) is 12.1 Å². The summed E-state index contributed by atoms with van der Waals surface area (Å²) in [6, 6.07) is 16.2. The van der Waals surface area contributed by atoms with Crippen LogP contribution in [0, 0.1) is 5.41 Å². The summed E-state index contributed by atoms with van der Waals surface area (Å²) >= 11 is 2.55. The van der Waals surface area contributed by atoms with E-state index in [1.807, 2.05) is 48.5 Å². The number of carbonyl (C=O) groups excluding carboxylic acids is 5. The van der Waals surface area contributed by atoms with Gasteiger partial charge in [0.05, 0.1) is 16.3 Å². The smallest absolute Gasteiger partial charge is 0.262 e. The fraction of sp³-hybridized carbons (Fsp3) is 0.267. The molecule has 0 bridgehead atoms. The molecule has 0 saturated carbocycles. The number of hydrogen-bond acceptors (Lipinski definition) is 8. The Bertz CT molecular complexity index is 1650. The zero-order chi connectivity index (χ0) is 32.3. The summed E-state index contributed by atoms with van der Waals surface area (Å²) in [5.41, 5.74) is 5.36. The molecular weight excluding hydrogens is 617 g/mol. The average Bonchev–Trinajstić information content (AvgIpc) is 3.67. The molecule has 2 atom stereocenters. The number of carbonyl (C=O) groups is 5. The zero-order valence-corrected chi connectivity index (χ0v) is 26.0. The topological polar surface area (TPSA) is 207 Å². The summed E-state index contributed by atoms with van der Waals surface area (Å²) in [6.07, 6.45) is 0.591. The number of nitrogens with one attached hydrogen (secondary N) is 7. The van der Waals surface area contributed by atoms with Gasteiger partial charge in [-0.1, -0.05) is 36.4 Å². The summed E-state index contributed by atoms with van der Waals surface area (Å²) in [4.78, 5) is 65.3. The number of likely N-dealkylation sites (N-methyl/N-ethyl adjacent to an activating group) is 1. The van der Waals surface area contributed by atoms with Crippen molar-refractivity contribution in [3.8, 4) is 0 Å². The summed E-state index contributed by atoms with van der Waals surface area (Å²) in [7, 11) is 1.43. The molecule has 236 valence electrons. The first-order valence-corrected chi connectivity index (χ1v) is 15.7. The van der Waals surface area contributed by atoms with Crippen LogP contribution in [0.5, 0.6) is 0 Å². The minimum absolute atomic E-state index is 0.199. The lowest BCUT2D eigenvalue weighted by atomic mass is 10.1. The van der Waals surface area contributed by atoms with Crippen LogP contribution in [0.25, 0.3) is 20.2 Å². The molecule has 0 aliphatic carbocycles. The van der Waals surface area contributed by atoms with Crippen molar-refractivity contribution in [2.45, 2.75) is 24.9 Å². The molecule has 15 heteroatoms. The van der Waals surface area contributed by atoms with Crippen LogP contribution in [0.3, 0.4) is 0 Å². The highest BCUT2D eigenvalue weighted by molar-refractivity contribution is 7.21. The van der Waals surface area contributed by atoms with Gasteiger partial charge in [-0.15, -0.1) is 22.7 Å². The van der Waals surface area contributed by atoms with Gasteiger partial charge in [-0.2, -0.15) is 0 Å². The molecule has 0 fully saturated rings. The van der Waals surface area contributed by atoms with E-state index in [1.165, 1.54) is 29.7 Å². The molecule has 0 unspecified atom stereocenters. The largest absolute Gasteiger partial charge is 0.370 e. The Morgan fingerprint density at radius 2 is 1.31 bits per heavy atom. The molecule has 9 N–H and O–H groups in total. The predicted octanol–water partition coefficient (Wildman–Crippen LogP) is 1.25. The lowest BCUT2D eigenvalue weighted by Gasteiger charge is -2.22. The minimum Gasteiger partial charge on any atom is -0.370 e. The van der Waals surface area contributed by atoms with Crippen molar-refractivity contribution >= 4 is 78.3 Å². The molecule has 0 spiro atoms. The number of rotatable bonds is 14. The van der Waals surface area contributed by atoms with Crippen LogP contribution in [-0.2, 0) is 14.4 Å². The fourth-order valence-corrected chi connectivity index (χ4v) is 6.29. The Labute approximate surface area is 266 Å². The van der Waals surface area contributed by atoms with Crippen LogP contribution in [0.2, 0.25) is 0 Å². The number of amides is 5. The van der Waals surface area contributed by atoms with Gasteiger partial charge >= 0.3 is 0 Å². The molecule has 4 aromatic rings. The van der Waals surface area contributed by atoms with E-state index in [2.05, 4.69) is 31.9 Å². The van der Waals surface area contributed by atoms with Crippen LogP contribution in [0.1, 0.15) is 32.2 Å². The monoisotopic (exact) mass is 650 g/mol. The van der Waals surface area contributed by atoms with Crippen molar-refractivity contribution in [1.29, 1.82) is 5.41 Å². The maximum absolute atomic E-state index is 13.4. The van der Waals surface area contributed by atoms with Gasteiger partial charge in [0.1, 0.15) is 12.1 Å². The minimum atomic E-state index is -1.23. The van der Waals surface area contributed by atoms with E-state index in [4.69, 9.17) is 11.1 Å². The van der Waals surface area contributed by atoms with Crippen LogP contribution in [0.15, 0.2) is 60.7 Å². The van der Waals surface area contributed by atoms with E-state index in [-0.39, 0.29) is 25.5 Å². The Kier molecular flexibility index (Phi) is 11.4. The highest BCUT2D eigenvalue weighted by atomic mass is 32.1. The van der Waals surface area contributed by atoms with Crippen molar-refractivity contribution in [3.63, 3.8) is 0 Å². The number of thiophene rings is 2. The number of nitrogens with two attached hydrogens (primary N) is 1. The standard InChI is InChI=1S/C30H34N8O5S2/c1-33-25(39)16-36-27(41)20(38-29(43)24-14-18-8-3-5-11-22(18)45-24)15-35-26(40)19(9-6-12-34-30(31)32)37-28(42)23-13-17-7-2-4-10-21(17)44-23/h2-5,7-8,10-11,13-14,19-20H,6,9,12,15-16H2,1H3,(H,33,39)(H,35,40)(H,36,41)(H,37,42)(H,38,43)(H4,31,32,34)/t19-,20-/m0/s1. The first kappa shape index (κ1) is 32.9. The zero-order valence-electron chi connectivity index (χ0n) is 24.4. The normalized spacial score (nSPS) is 12.1. The van der Waals surface area contributed by atoms with Crippen molar-refractivity contribution < 1.29 is 24.0 Å². The van der Waals surface area contributed by atoms with E-state index in [9.17, 15) is 24.0 Å². The molecule has 2 aromatic carbocycles. The lowest BCUT2D eigenvalue weighted by molar-refractivity contribution is -0.127. The van der Waals surface area contributed by atoms with Crippen molar-refractivity contribution in [2.24, 2.45) is 5.73 Å². The Morgan fingerprint density at radius 3 is 1.84 bits per heavy atom. The van der Waals surface area contributed by atoms with Gasteiger partial charge in [0.25, 0.3) is 11.8 Å². The van der Waals surface area contributed by atoms with Crippen LogP contribution in [0.4, 0.5) is 0 Å². The van der Waals surface area contributed by atoms with E-state index >= 15 is 0 Å². The number of fused-ring (bicyclic) bond motifs is 2. The quantitative estimate of drug-likeness (QED) is 0.0569. The highest BCUT2D eigenvalue weighted by Crippen LogP contribution is 2.26. The first-order valence-electron chi connectivity index (χ1n) is 14.1. The second-order valence-electron chi connectivity index (χ2n) is 9.97. The van der Waals surface area contributed by atoms with Crippen LogP contribution in [-0.4, -0.2) is 74.3 Å². The van der Waals surface area contributed by atoms with E-state index < -0.39 is 41.6 Å². The summed E-state index contributed by atoms with van der Waals surface area (Å²) < 4.78 is 1.82. The summed E-state index contributed by atoms with van der Waals surface area (Å²) in [5.74, 6) is -2.86. The third kappa shape index (κ3) is 9.23. The second-order valence-corrected chi connectivity index (χ2v) is 12.1. The molecule has 4 rings (SSSR count). The third-order valence-electron chi connectivity index (χ3n) is 6.71. The summed E-state index contributed by atoms with van der Waals surface area (Å²) in [6.45, 7) is -0.334. The van der Waals surface area contributed by atoms with Gasteiger partial charge in [0.2, 0.25) is 17.7 Å². The van der Waals surface area contributed by atoms with Crippen molar-refractivity contribution in [3.05, 3.63) is 70.4 Å². The molecule has 0 saturated heterocycles. The predicted molar refractivity (Wildman–Crippen MR) is 175 cm³/mol. The average molecular weight is 651 g/mol. The van der Waals surface area contributed by atoms with Gasteiger partial charge in [0, 0.05) is 29.5 Å². The Morgan fingerprint density at radius 1 is 0.778 bits per heavy atom. The van der Waals surface area contributed by atoms with E-state index in [0.29, 0.717) is 22.7 Å². The molecule has 2 heterocycles. The van der Waals surface area contributed by atoms with Crippen LogP contribution >= 0.6 is 22.7 Å². The second kappa shape index (κ2) is 15.6. The Balaban J connectivity index is 1.46. The van der Waals surface area contributed by atoms with Gasteiger partial charge < -0.3 is 37.6 Å². The number of hydrogen-bond donors (Lipinski definition) is 8. The Hall–Kier alpha value is -5.02. The maximum Gasteiger partial charge on any atom is 0.262 e. The molecule has 0 aliphatic heterocycles. The van der Waals surface area contributed by atoms with Gasteiger partial charge in [-0.25, -0.2) is 0 Å². The molecule has 0 aliphatic rings. The van der Waals surface area contributed by atoms with E-state index in [0.717, 1.165) is 20.2 Å². The summed E-state index contributed by atoms with van der Waals surface area (Å²) in [5, 5.41) is 24.8. The van der Waals surface area contributed by atoms with Gasteiger partial charge in [-0.3, -0.25) is 29.4 Å². The molecular formula is C30H34N8O5S2. The SMILES string of the molecule is CNC(=O)CNC(=O)[C@H](CNC(=O)[C@H](CCCNC(=N)N)NC(=O)c1cc2ccccc2s1)NC(=O)c1cc2ccccc2s1. The van der Waals surface area contributed by atoms with Gasteiger partial charge in [-0.05, 0) is 47.9 Å². The van der Waals surface area contributed by atoms with Crippen molar-refractivity contribution in [1.82, 2.24) is 31.9 Å².